The first kappa shape index (κ1) is 15.1. The highest BCUT2D eigenvalue weighted by molar-refractivity contribution is 7.87. The van der Waals surface area contributed by atoms with E-state index in [-0.39, 0.29) is 4.90 Å². The van der Waals surface area contributed by atoms with Gasteiger partial charge in [0.25, 0.3) is 0 Å². The van der Waals surface area contributed by atoms with E-state index in [2.05, 4.69) is 4.18 Å². The molecule has 1 heterocycles. The topological polar surface area (TPSA) is 121 Å². The van der Waals surface area contributed by atoms with Crippen molar-refractivity contribution in [1.29, 1.82) is 0 Å². The maximum absolute atomic E-state index is 12.0. The first-order valence-electron chi connectivity index (χ1n) is 4.39. The monoisotopic (exact) mass is 305 g/mol. The molecule has 108 valence electrons. The van der Waals surface area contributed by atoms with Crippen LogP contribution in [0.4, 0.5) is 18.0 Å². The predicted molar refractivity (Wildman–Crippen MR) is 50.3 cm³/mol. The Kier molecular flexibility index (Phi) is 3.65. The molecule has 19 heavy (non-hydrogen) atoms. The molecular formula is C7H6F3NO7S. The number of alkyl halides is 3. The van der Waals surface area contributed by atoms with Crippen LogP contribution in [0.3, 0.4) is 0 Å². The van der Waals surface area contributed by atoms with Gasteiger partial charge in [-0.25, -0.2) is 9.59 Å². The van der Waals surface area contributed by atoms with E-state index < -0.39 is 46.0 Å². The van der Waals surface area contributed by atoms with E-state index in [9.17, 15) is 31.2 Å². The van der Waals surface area contributed by atoms with E-state index >= 15 is 0 Å². The molecule has 1 amide bonds. The van der Waals surface area contributed by atoms with Crippen LogP contribution in [0.2, 0.25) is 0 Å². The lowest BCUT2D eigenvalue weighted by Gasteiger charge is -2.17. The van der Waals surface area contributed by atoms with Gasteiger partial charge in [0.1, 0.15) is 5.76 Å². The molecule has 1 aliphatic heterocycles. The van der Waals surface area contributed by atoms with Gasteiger partial charge in [-0.3, -0.25) is 4.90 Å². The van der Waals surface area contributed by atoms with E-state index in [0.29, 0.717) is 6.08 Å². The summed E-state index contributed by atoms with van der Waals surface area (Å²) < 4.78 is 61.0. The molecule has 0 unspecified atom stereocenters. The highest BCUT2D eigenvalue weighted by Gasteiger charge is 2.50. The fraction of sp³-hybridized carbons (Fsp3) is 0.429. The summed E-state index contributed by atoms with van der Waals surface area (Å²) in [7, 11) is -5.96. The van der Waals surface area contributed by atoms with Crippen LogP contribution < -0.4 is 0 Å². The standard InChI is InChI=1S/C7H6F3NO7S/c8-7(9,10)19(16,17)18-3-1-4(5(12)13)11(2-3)6(14)15/h1,4H,2H2,(H,12,13)(H,14,15)/t4-/m0/s1. The van der Waals surface area contributed by atoms with E-state index in [1.165, 1.54) is 0 Å². The molecule has 0 aromatic heterocycles. The lowest BCUT2D eigenvalue weighted by Crippen LogP contribution is -2.40. The molecule has 0 aromatic rings. The highest BCUT2D eigenvalue weighted by atomic mass is 32.2. The summed E-state index contributed by atoms with van der Waals surface area (Å²) in [4.78, 5) is 21.5. The predicted octanol–water partition coefficient (Wildman–Crippen LogP) is 0.183. The summed E-state index contributed by atoms with van der Waals surface area (Å²) in [6, 6.07) is -1.81. The number of hydrogen-bond acceptors (Lipinski definition) is 5. The molecule has 1 atom stereocenters. The van der Waals surface area contributed by atoms with Crippen LogP contribution in [0.1, 0.15) is 0 Å². The summed E-state index contributed by atoms with van der Waals surface area (Å²) in [5, 5.41) is 17.2. The minimum Gasteiger partial charge on any atom is -0.479 e. The number of nitrogens with zero attached hydrogens (tertiary/aromatic N) is 1. The zero-order valence-electron chi connectivity index (χ0n) is 8.79. The molecule has 0 aromatic carbocycles. The number of carboxylic acids is 1. The Morgan fingerprint density at radius 3 is 2.21 bits per heavy atom. The summed E-state index contributed by atoms with van der Waals surface area (Å²) in [5.74, 6) is -2.60. The Balaban J connectivity index is 2.97. The van der Waals surface area contributed by atoms with E-state index in [4.69, 9.17) is 10.2 Å². The lowest BCUT2D eigenvalue weighted by molar-refractivity contribution is -0.140. The van der Waals surface area contributed by atoms with Crippen molar-refractivity contribution in [2.24, 2.45) is 0 Å². The number of halogens is 3. The van der Waals surface area contributed by atoms with Crippen molar-refractivity contribution >= 4 is 22.2 Å². The van der Waals surface area contributed by atoms with Crippen LogP contribution in [0, 0.1) is 0 Å². The average Bonchev–Trinajstić information content (AvgIpc) is 2.59. The SMILES string of the molecule is O=C(O)[C@@H]1C=C(OS(=O)(=O)C(F)(F)F)CN1C(=O)O. The van der Waals surface area contributed by atoms with Gasteiger partial charge in [-0.1, -0.05) is 0 Å². The van der Waals surface area contributed by atoms with Crippen LogP contribution in [0.15, 0.2) is 11.8 Å². The van der Waals surface area contributed by atoms with Crippen molar-refractivity contribution < 1.29 is 45.6 Å². The van der Waals surface area contributed by atoms with Crippen molar-refractivity contribution in [1.82, 2.24) is 4.90 Å². The number of aliphatic carboxylic acids is 1. The minimum absolute atomic E-state index is 0.212. The molecule has 12 heteroatoms. The Morgan fingerprint density at radius 2 is 1.89 bits per heavy atom. The highest BCUT2D eigenvalue weighted by Crippen LogP contribution is 2.29. The van der Waals surface area contributed by atoms with Crippen LogP contribution in [0.5, 0.6) is 0 Å². The fourth-order valence-corrected chi connectivity index (χ4v) is 1.70. The molecule has 0 saturated heterocycles. The number of carbonyl (C=O) groups is 2. The first-order valence-corrected chi connectivity index (χ1v) is 5.80. The van der Waals surface area contributed by atoms with Gasteiger partial charge in [0, 0.05) is 0 Å². The zero-order chi connectivity index (χ0) is 15.0. The number of rotatable bonds is 3. The summed E-state index contributed by atoms with van der Waals surface area (Å²) >= 11 is 0. The molecule has 2 N–H and O–H groups in total. The van der Waals surface area contributed by atoms with Crippen molar-refractivity contribution in [2.75, 3.05) is 6.54 Å². The lowest BCUT2D eigenvalue weighted by atomic mass is 10.3. The Labute approximate surface area is 103 Å². The summed E-state index contributed by atoms with van der Waals surface area (Å²) in [6.07, 6.45) is -1.27. The first-order chi connectivity index (χ1) is 8.45. The van der Waals surface area contributed by atoms with Crippen LogP contribution >= 0.6 is 0 Å². The number of hydrogen-bond donors (Lipinski definition) is 2. The molecule has 1 rings (SSSR count). The zero-order valence-corrected chi connectivity index (χ0v) is 9.60. The summed E-state index contributed by atoms with van der Waals surface area (Å²) in [5.41, 5.74) is -5.69. The van der Waals surface area contributed by atoms with E-state index in [1.807, 2.05) is 0 Å². The minimum atomic E-state index is -5.96. The second-order valence-electron chi connectivity index (χ2n) is 3.31. The van der Waals surface area contributed by atoms with Gasteiger partial charge in [-0.05, 0) is 6.08 Å². The van der Waals surface area contributed by atoms with Gasteiger partial charge in [-0.15, -0.1) is 0 Å². The van der Waals surface area contributed by atoms with Gasteiger partial charge in [0.05, 0.1) is 6.54 Å². The molecule has 0 bridgehead atoms. The van der Waals surface area contributed by atoms with Crippen LogP contribution in [-0.4, -0.2) is 53.7 Å². The fourth-order valence-electron chi connectivity index (χ4n) is 1.22. The van der Waals surface area contributed by atoms with Gasteiger partial charge >= 0.3 is 27.7 Å². The number of amides is 1. The van der Waals surface area contributed by atoms with Crippen molar-refractivity contribution in [3.8, 4) is 0 Å². The molecule has 8 nitrogen and oxygen atoms in total. The molecule has 1 aliphatic rings. The van der Waals surface area contributed by atoms with E-state index in [1.54, 1.807) is 0 Å². The van der Waals surface area contributed by atoms with Crippen molar-refractivity contribution in [3.63, 3.8) is 0 Å². The average molecular weight is 305 g/mol. The third-order valence-corrected chi connectivity index (χ3v) is 3.01. The maximum Gasteiger partial charge on any atom is 0.534 e. The normalized spacial score (nSPS) is 20.1. The Hall–Kier alpha value is -1.98. The maximum atomic E-state index is 12.0. The Morgan fingerprint density at radius 1 is 1.37 bits per heavy atom. The number of carboxylic acid groups (broad SMARTS) is 2. The molecule has 0 radical (unpaired) electrons. The summed E-state index contributed by atoms with van der Waals surface area (Å²) in [6.45, 7) is -0.915. The second kappa shape index (κ2) is 4.60. The second-order valence-corrected chi connectivity index (χ2v) is 4.85. The quantitative estimate of drug-likeness (QED) is 0.563. The molecule has 0 spiro atoms. The van der Waals surface area contributed by atoms with Crippen LogP contribution in [0.25, 0.3) is 0 Å². The third kappa shape index (κ3) is 3.07. The van der Waals surface area contributed by atoms with Gasteiger partial charge in [0.15, 0.2) is 6.04 Å². The smallest absolute Gasteiger partial charge is 0.479 e. The molecule has 0 fully saturated rings. The van der Waals surface area contributed by atoms with E-state index in [0.717, 1.165) is 0 Å². The molecular weight excluding hydrogens is 299 g/mol. The molecule has 0 aliphatic carbocycles. The third-order valence-electron chi connectivity index (χ3n) is 2.00. The van der Waals surface area contributed by atoms with Gasteiger partial charge < -0.3 is 14.4 Å². The van der Waals surface area contributed by atoms with Crippen LogP contribution in [-0.2, 0) is 19.1 Å². The van der Waals surface area contributed by atoms with Crippen molar-refractivity contribution in [2.45, 2.75) is 11.6 Å². The largest absolute Gasteiger partial charge is 0.534 e. The van der Waals surface area contributed by atoms with Gasteiger partial charge in [0.2, 0.25) is 0 Å². The Bertz CT molecular complexity index is 537. The van der Waals surface area contributed by atoms with Crippen molar-refractivity contribution in [3.05, 3.63) is 11.8 Å². The molecule has 0 saturated carbocycles. The van der Waals surface area contributed by atoms with Gasteiger partial charge in [-0.2, -0.15) is 21.6 Å².